The van der Waals surface area contributed by atoms with Gasteiger partial charge in [-0.05, 0) is 43.3 Å². The summed E-state index contributed by atoms with van der Waals surface area (Å²) in [6.07, 6.45) is 1.54. The standard InChI is InChI=1S/C17H18N4O4/c1-11(10-22)19-17(23)12-4-6-13(7-5-12)18-9-15-20-16(21-25-15)14-3-2-8-24-14/h2-8,11,18,22H,9-10H2,1H3,(H,19,23)/t11-/m0/s1. The number of nitrogens with one attached hydrogen (secondary N) is 2. The van der Waals surface area contributed by atoms with Crippen LogP contribution in [0.3, 0.4) is 0 Å². The Morgan fingerprint density at radius 2 is 2.08 bits per heavy atom. The van der Waals surface area contributed by atoms with Gasteiger partial charge in [0.25, 0.3) is 5.91 Å². The van der Waals surface area contributed by atoms with Crippen molar-refractivity contribution in [1.29, 1.82) is 0 Å². The molecule has 0 radical (unpaired) electrons. The molecule has 0 unspecified atom stereocenters. The van der Waals surface area contributed by atoms with Crippen LogP contribution in [0.4, 0.5) is 5.69 Å². The third-order valence-corrected chi connectivity index (χ3v) is 3.45. The molecule has 0 saturated heterocycles. The van der Waals surface area contributed by atoms with Crippen molar-refractivity contribution in [3.63, 3.8) is 0 Å². The average Bonchev–Trinajstić information content (AvgIpc) is 3.31. The average molecular weight is 342 g/mol. The minimum atomic E-state index is -0.286. The van der Waals surface area contributed by atoms with Crippen molar-refractivity contribution in [2.45, 2.75) is 19.5 Å². The molecule has 2 aromatic heterocycles. The Morgan fingerprint density at radius 3 is 2.76 bits per heavy atom. The van der Waals surface area contributed by atoms with Crippen LogP contribution >= 0.6 is 0 Å². The van der Waals surface area contributed by atoms with E-state index in [0.717, 1.165) is 5.69 Å². The molecule has 3 aromatic rings. The first kappa shape index (κ1) is 16.7. The fourth-order valence-corrected chi connectivity index (χ4v) is 2.10. The van der Waals surface area contributed by atoms with Crippen molar-refractivity contribution in [2.24, 2.45) is 0 Å². The molecule has 2 heterocycles. The molecular formula is C17H18N4O4. The first-order valence-corrected chi connectivity index (χ1v) is 7.78. The molecule has 130 valence electrons. The van der Waals surface area contributed by atoms with Gasteiger partial charge < -0.3 is 24.7 Å². The number of nitrogens with zero attached hydrogens (tertiary/aromatic N) is 2. The smallest absolute Gasteiger partial charge is 0.251 e. The molecular weight excluding hydrogens is 324 g/mol. The molecule has 1 atom stereocenters. The van der Waals surface area contributed by atoms with Crippen molar-refractivity contribution < 1.29 is 18.8 Å². The maximum atomic E-state index is 11.9. The first-order chi connectivity index (χ1) is 12.2. The Balaban J connectivity index is 1.56. The summed E-state index contributed by atoms with van der Waals surface area (Å²) in [5.41, 5.74) is 1.33. The molecule has 0 aliphatic carbocycles. The number of aliphatic hydroxyl groups excluding tert-OH is 1. The highest BCUT2D eigenvalue weighted by molar-refractivity contribution is 5.94. The monoisotopic (exact) mass is 342 g/mol. The minimum Gasteiger partial charge on any atom is -0.461 e. The molecule has 0 aliphatic heterocycles. The van der Waals surface area contributed by atoms with E-state index >= 15 is 0 Å². The Morgan fingerprint density at radius 1 is 1.28 bits per heavy atom. The van der Waals surface area contributed by atoms with E-state index in [1.807, 2.05) is 0 Å². The number of aliphatic hydroxyl groups is 1. The summed E-state index contributed by atoms with van der Waals surface area (Å²) >= 11 is 0. The maximum Gasteiger partial charge on any atom is 0.251 e. The Labute approximate surface area is 143 Å². The predicted molar refractivity (Wildman–Crippen MR) is 89.8 cm³/mol. The topological polar surface area (TPSA) is 113 Å². The quantitative estimate of drug-likeness (QED) is 0.602. The van der Waals surface area contributed by atoms with Crippen LogP contribution in [0.5, 0.6) is 0 Å². The normalized spacial score (nSPS) is 11.9. The third-order valence-electron chi connectivity index (χ3n) is 3.45. The molecule has 1 amide bonds. The molecule has 3 rings (SSSR count). The van der Waals surface area contributed by atoms with Crippen molar-refractivity contribution in [1.82, 2.24) is 15.5 Å². The van der Waals surface area contributed by atoms with Crippen LogP contribution in [-0.4, -0.2) is 33.8 Å². The van der Waals surface area contributed by atoms with Crippen LogP contribution < -0.4 is 10.6 Å². The maximum absolute atomic E-state index is 11.9. The fourth-order valence-electron chi connectivity index (χ4n) is 2.10. The second-order valence-electron chi connectivity index (χ2n) is 5.48. The fraction of sp³-hybridized carbons (Fsp3) is 0.235. The van der Waals surface area contributed by atoms with E-state index in [9.17, 15) is 4.79 Å². The van der Waals surface area contributed by atoms with E-state index < -0.39 is 0 Å². The van der Waals surface area contributed by atoms with Crippen LogP contribution in [-0.2, 0) is 6.54 Å². The lowest BCUT2D eigenvalue weighted by Gasteiger charge is -2.11. The van der Waals surface area contributed by atoms with E-state index in [2.05, 4.69) is 20.8 Å². The van der Waals surface area contributed by atoms with Crippen molar-refractivity contribution in [3.05, 3.63) is 54.1 Å². The lowest BCUT2D eigenvalue weighted by molar-refractivity contribution is 0.0922. The number of carbonyl (C=O) groups excluding carboxylic acids is 1. The van der Waals surface area contributed by atoms with E-state index in [1.165, 1.54) is 0 Å². The summed E-state index contributed by atoms with van der Waals surface area (Å²) in [4.78, 5) is 16.2. The summed E-state index contributed by atoms with van der Waals surface area (Å²) in [7, 11) is 0. The number of aromatic nitrogens is 2. The molecule has 0 saturated carbocycles. The van der Waals surface area contributed by atoms with E-state index in [0.29, 0.717) is 29.6 Å². The molecule has 3 N–H and O–H groups in total. The number of hydrogen-bond donors (Lipinski definition) is 3. The second-order valence-corrected chi connectivity index (χ2v) is 5.48. The highest BCUT2D eigenvalue weighted by Gasteiger charge is 2.11. The number of hydrogen-bond acceptors (Lipinski definition) is 7. The van der Waals surface area contributed by atoms with Gasteiger partial charge >= 0.3 is 0 Å². The summed E-state index contributed by atoms with van der Waals surface area (Å²) < 4.78 is 10.4. The van der Waals surface area contributed by atoms with Gasteiger partial charge in [-0.2, -0.15) is 4.98 Å². The van der Waals surface area contributed by atoms with Crippen LogP contribution in [0.25, 0.3) is 11.6 Å². The molecule has 8 heteroatoms. The van der Waals surface area contributed by atoms with Crippen molar-refractivity contribution in [3.8, 4) is 11.6 Å². The van der Waals surface area contributed by atoms with Gasteiger partial charge in [0.15, 0.2) is 5.76 Å². The van der Waals surface area contributed by atoms with Gasteiger partial charge in [-0.25, -0.2) is 0 Å². The third kappa shape index (κ3) is 4.24. The lowest BCUT2D eigenvalue weighted by Crippen LogP contribution is -2.34. The van der Waals surface area contributed by atoms with Gasteiger partial charge in [-0.3, -0.25) is 4.79 Å². The molecule has 8 nitrogen and oxygen atoms in total. The van der Waals surface area contributed by atoms with Crippen molar-refractivity contribution >= 4 is 11.6 Å². The largest absolute Gasteiger partial charge is 0.461 e. The van der Waals surface area contributed by atoms with Crippen LogP contribution in [0.2, 0.25) is 0 Å². The van der Waals surface area contributed by atoms with Crippen LogP contribution in [0, 0.1) is 0 Å². The summed E-state index contributed by atoms with van der Waals surface area (Å²) in [5, 5.41) is 18.6. The Bertz CT molecular complexity index is 812. The number of carbonyl (C=O) groups is 1. The molecule has 0 fully saturated rings. The summed E-state index contributed by atoms with van der Waals surface area (Å²) in [6.45, 7) is 1.98. The minimum absolute atomic E-state index is 0.102. The van der Waals surface area contributed by atoms with Crippen molar-refractivity contribution in [2.75, 3.05) is 11.9 Å². The highest BCUT2D eigenvalue weighted by Crippen LogP contribution is 2.16. The molecule has 0 bridgehead atoms. The number of rotatable bonds is 7. The lowest BCUT2D eigenvalue weighted by atomic mass is 10.2. The van der Waals surface area contributed by atoms with E-state index in [4.69, 9.17) is 14.0 Å². The predicted octanol–water partition coefficient (Wildman–Crippen LogP) is 2.05. The number of anilines is 1. The zero-order valence-corrected chi connectivity index (χ0v) is 13.6. The second kappa shape index (κ2) is 7.63. The zero-order chi connectivity index (χ0) is 17.6. The molecule has 0 aliphatic rings. The molecule has 1 aromatic carbocycles. The van der Waals surface area contributed by atoms with Crippen LogP contribution in [0.1, 0.15) is 23.2 Å². The number of amides is 1. The van der Waals surface area contributed by atoms with Gasteiger partial charge in [0.1, 0.15) is 0 Å². The SMILES string of the molecule is C[C@@H](CO)NC(=O)c1ccc(NCc2nc(-c3ccco3)no2)cc1. The number of benzene rings is 1. The number of furan rings is 1. The van der Waals surface area contributed by atoms with Gasteiger partial charge in [0, 0.05) is 17.3 Å². The Kier molecular flexibility index (Phi) is 5.10. The van der Waals surface area contributed by atoms with Gasteiger partial charge in [0.2, 0.25) is 11.7 Å². The van der Waals surface area contributed by atoms with Gasteiger partial charge in [-0.1, -0.05) is 5.16 Å². The highest BCUT2D eigenvalue weighted by atomic mass is 16.5. The Hall–Kier alpha value is -3.13. The van der Waals surface area contributed by atoms with Gasteiger partial charge in [-0.15, -0.1) is 0 Å². The molecule has 25 heavy (non-hydrogen) atoms. The molecule has 0 spiro atoms. The van der Waals surface area contributed by atoms with E-state index in [-0.39, 0.29) is 18.6 Å². The first-order valence-electron chi connectivity index (χ1n) is 7.78. The summed E-state index contributed by atoms with van der Waals surface area (Å²) in [5.74, 6) is 1.13. The van der Waals surface area contributed by atoms with Crippen LogP contribution in [0.15, 0.2) is 51.6 Å². The van der Waals surface area contributed by atoms with Gasteiger partial charge in [0.05, 0.1) is 19.4 Å². The zero-order valence-electron chi connectivity index (χ0n) is 13.6. The summed E-state index contributed by atoms with van der Waals surface area (Å²) in [6, 6.07) is 10.2. The van der Waals surface area contributed by atoms with E-state index in [1.54, 1.807) is 49.6 Å².